The first-order valence-corrected chi connectivity index (χ1v) is 26.2. The first-order chi connectivity index (χ1) is 37.0. The van der Waals surface area contributed by atoms with Crippen LogP contribution in [0.4, 0.5) is 39.5 Å². The second-order valence-electron chi connectivity index (χ2n) is 18.1. The predicted molar refractivity (Wildman–Crippen MR) is 292 cm³/mol. The van der Waals surface area contributed by atoms with Crippen molar-refractivity contribution in [1.82, 2.24) is 68.8 Å². The molecule has 10 heterocycles. The summed E-state index contributed by atoms with van der Waals surface area (Å²) in [5.41, 5.74) is 6.11. The molecule has 9 aromatic heterocycles. The van der Waals surface area contributed by atoms with E-state index in [9.17, 15) is 39.5 Å². The minimum absolute atomic E-state index is 0.0465. The zero-order chi connectivity index (χ0) is 58.1. The van der Waals surface area contributed by atoms with Crippen molar-refractivity contribution in [3.8, 4) is 28.9 Å². The molecule has 0 spiro atoms. The number of alkyl halides is 9. The number of aromatic nitrogens is 14. The van der Waals surface area contributed by atoms with Gasteiger partial charge in [0.05, 0.1) is 62.9 Å². The van der Waals surface area contributed by atoms with Gasteiger partial charge in [0.2, 0.25) is 17.6 Å². The number of halogens is 12. The highest BCUT2D eigenvalue weighted by Gasteiger charge is 2.41. The van der Waals surface area contributed by atoms with Gasteiger partial charge >= 0.3 is 18.5 Å². The number of ether oxygens (including phenoxy) is 3. The Morgan fingerprint density at radius 2 is 0.937 bits per heavy atom. The van der Waals surface area contributed by atoms with Gasteiger partial charge < -0.3 is 14.2 Å². The van der Waals surface area contributed by atoms with Gasteiger partial charge in [-0.3, -0.25) is 28.4 Å². The molecule has 0 aliphatic carbocycles. The molecule has 9 aromatic rings. The van der Waals surface area contributed by atoms with E-state index in [2.05, 4.69) is 73.0 Å². The van der Waals surface area contributed by atoms with E-state index in [1.54, 1.807) is 80.5 Å². The fourth-order valence-corrected chi connectivity index (χ4v) is 9.52. The molecule has 18 nitrogen and oxygen atoms in total. The number of nitrogens with zero attached hydrogens (tertiary/aromatic N) is 15. The molecule has 3 unspecified atom stereocenters. The third kappa shape index (κ3) is 13.8. The maximum Gasteiger partial charge on any atom is 0.425 e. The molecule has 422 valence electrons. The van der Waals surface area contributed by atoms with E-state index in [-0.39, 0.29) is 29.7 Å². The largest absolute Gasteiger partial charge is 0.464 e. The SMILES string of the molecule is CC(C)n1cc(-c2nn(C)c3ccnc(OC(C)C(F)(F)F)c23)cn1.CC(C)n1cc(C2=NCc3ccnc(OC(C)C(F)(F)F)c32)cn1.CC(Oc1nccc2c1c(I)nn2C)C(F)(F)F.Cn1nc(I)c2c(Cl)nccc21. The summed E-state index contributed by atoms with van der Waals surface area (Å²) in [6.45, 7) is 11.2. The maximum absolute atomic E-state index is 12.9. The van der Waals surface area contributed by atoms with Crippen LogP contribution in [0, 0.1) is 7.40 Å². The maximum atomic E-state index is 12.9. The summed E-state index contributed by atoms with van der Waals surface area (Å²) in [4.78, 5) is 20.3. The van der Waals surface area contributed by atoms with Crippen molar-refractivity contribution in [2.75, 3.05) is 0 Å². The van der Waals surface area contributed by atoms with Crippen LogP contribution in [0.3, 0.4) is 0 Å². The van der Waals surface area contributed by atoms with Gasteiger partial charge in [0.1, 0.15) is 18.2 Å². The Hall–Kier alpha value is -6.38. The van der Waals surface area contributed by atoms with Crippen molar-refractivity contribution in [2.45, 2.75) is 104 Å². The molecule has 10 rings (SSSR count). The fraction of sp³-hybridized carbons (Fsp3) is 0.388. The standard InChI is InChI=1S/C16H18F3N5O.C16H17F3N4O.C10H9F3IN3O.C7H5ClIN3/c1-9(2)24-8-11(7-21-24)14-13-12(23(4)22-14)5-6-20-15(13)25-10(3)16(17,18)19;1-9(2)23-8-12(7-22-23)14-13-11(6-21-14)4-5-20-15(13)24-10(3)16(17,18)19;1-5(10(11,12)13)18-9-7-6(3-4-15-9)17(2)16-8(7)14;1-12-4-2-3-10-6(8)5(4)7(9)11-12/h5-10H,1-4H3;4-5,7-10H,6H2,1-3H3;3-5H,1-2H3;2-3H,1H3. The Labute approximate surface area is 477 Å². The van der Waals surface area contributed by atoms with Gasteiger partial charge in [-0.15, -0.1) is 0 Å². The van der Waals surface area contributed by atoms with Crippen molar-refractivity contribution < 1.29 is 53.7 Å². The highest BCUT2D eigenvalue weighted by Crippen LogP contribution is 2.37. The van der Waals surface area contributed by atoms with E-state index in [0.717, 1.165) is 46.5 Å². The zero-order valence-electron chi connectivity index (χ0n) is 43.5. The molecule has 0 saturated carbocycles. The van der Waals surface area contributed by atoms with Crippen LogP contribution in [0.2, 0.25) is 5.15 Å². The van der Waals surface area contributed by atoms with E-state index in [0.29, 0.717) is 59.7 Å². The van der Waals surface area contributed by atoms with Crippen LogP contribution in [0.1, 0.15) is 77.2 Å². The number of aryl methyl sites for hydroxylation is 3. The molecule has 0 saturated heterocycles. The van der Waals surface area contributed by atoms with Crippen LogP contribution in [0.25, 0.3) is 44.0 Å². The van der Waals surface area contributed by atoms with Crippen molar-refractivity contribution >= 4 is 95.2 Å². The summed E-state index contributed by atoms with van der Waals surface area (Å²) in [6.07, 6.45) is -6.35. The molecule has 0 fully saturated rings. The topological polar surface area (TPSA) is 181 Å². The van der Waals surface area contributed by atoms with Crippen LogP contribution >= 0.6 is 56.8 Å². The molecule has 79 heavy (non-hydrogen) atoms. The molecule has 0 amide bonds. The minimum Gasteiger partial charge on any atom is -0.464 e. The smallest absolute Gasteiger partial charge is 0.425 e. The van der Waals surface area contributed by atoms with E-state index >= 15 is 0 Å². The molecule has 30 heteroatoms. The number of hydrogen-bond acceptors (Lipinski definition) is 13. The van der Waals surface area contributed by atoms with Crippen LogP contribution in [0.5, 0.6) is 17.6 Å². The molecule has 0 bridgehead atoms. The lowest BCUT2D eigenvalue weighted by Gasteiger charge is -2.18. The third-order valence-electron chi connectivity index (χ3n) is 11.8. The average molecular weight is 1360 g/mol. The molecular formula is C49H49ClF9I2N15O3. The Morgan fingerprint density at radius 3 is 1.43 bits per heavy atom. The van der Waals surface area contributed by atoms with Crippen molar-refractivity contribution in [3.63, 3.8) is 0 Å². The Bertz CT molecular complexity index is 3630. The highest BCUT2D eigenvalue weighted by atomic mass is 127. The summed E-state index contributed by atoms with van der Waals surface area (Å²) in [5, 5.41) is 23.7. The van der Waals surface area contributed by atoms with Gasteiger partial charge in [-0.2, -0.15) is 65.0 Å². The number of rotatable bonds is 10. The Morgan fingerprint density at radius 1 is 0.532 bits per heavy atom. The lowest BCUT2D eigenvalue weighted by Crippen LogP contribution is -2.32. The molecule has 3 atom stereocenters. The van der Waals surface area contributed by atoms with Crippen LogP contribution in [-0.4, -0.2) is 111 Å². The second-order valence-corrected chi connectivity index (χ2v) is 20.5. The first-order valence-electron chi connectivity index (χ1n) is 23.7. The first kappa shape index (κ1) is 60.3. The minimum atomic E-state index is -4.48. The number of aliphatic imine (C=N–C) groups is 1. The van der Waals surface area contributed by atoms with Crippen molar-refractivity contribution in [2.24, 2.45) is 26.1 Å². The monoisotopic (exact) mass is 1360 g/mol. The second kappa shape index (κ2) is 24.1. The van der Waals surface area contributed by atoms with Crippen LogP contribution < -0.4 is 14.2 Å². The van der Waals surface area contributed by atoms with Crippen LogP contribution in [0.15, 0.2) is 78.8 Å². The molecular weight excluding hydrogens is 1310 g/mol. The summed E-state index contributed by atoms with van der Waals surface area (Å²) in [5.74, 6) is -0.191. The summed E-state index contributed by atoms with van der Waals surface area (Å²) in [6, 6.07) is 7.33. The lowest BCUT2D eigenvalue weighted by molar-refractivity contribution is -0.190. The Kier molecular flexibility index (Phi) is 18.4. The van der Waals surface area contributed by atoms with E-state index < -0.39 is 36.8 Å². The third-order valence-corrected chi connectivity index (χ3v) is 13.6. The van der Waals surface area contributed by atoms with E-state index in [4.69, 9.17) is 25.8 Å². The van der Waals surface area contributed by atoms with E-state index in [1.807, 2.05) is 69.6 Å². The quantitative estimate of drug-likeness (QED) is 0.0719. The van der Waals surface area contributed by atoms with Gasteiger partial charge in [0.25, 0.3) is 0 Å². The Balaban J connectivity index is 0.000000157. The number of hydrogen-bond donors (Lipinski definition) is 0. The molecule has 0 radical (unpaired) electrons. The molecule has 1 aliphatic rings. The molecule has 1 aliphatic heterocycles. The highest BCUT2D eigenvalue weighted by molar-refractivity contribution is 14.1. The van der Waals surface area contributed by atoms with Gasteiger partial charge in [0.15, 0.2) is 18.3 Å². The molecule has 0 aromatic carbocycles. The van der Waals surface area contributed by atoms with Crippen LogP contribution in [-0.2, 0) is 27.7 Å². The predicted octanol–water partition coefficient (Wildman–Crippen LogP) is 12.4. The van der Waals surface area contributed by atoms with Gasteiger partial charge in [-0.25, -0.2) is 19.9 Å². The normalized spacial score (nSPS) is 13.8. The van der Waals surface area contributed by atoms with Crippen molar-refractivity contribution in [3.05, 3.63) is 103 Å². The molecule has 0 N–H and O–H groups in total. The van der Waals surface area contributed by atoms with Gasteiger partial charge in [-0.05, 0) is 123 Å². The summed E-state index contributed by atoms with van der Waals surface area (Å²) >= 11 is 9.99. The van der Waals surface area contributed by atoms with Gasteiger partial charge in [0, 0.05) is 81.5 Å². The summed E-state index contributed by atoms with van der Waals surface area (Å²) < 4.78 is 139. The fourth-order valence-electron chi connectivity index (χ4n) is 7.44. The van der Waals surface area contributed by atoms with Gasteiger partial charge in [-0.1, -0.05) is 11.6 Å². The van der Waals surface area contributed by atoms with Crippen molar-refractivity contribution in [1.29, 1.82) is 0 Å². The summed E-state index contributed by atoms with van der Waals surface area (Å²) in [7, 11) is 5.32. The average Bonchev–Trinajstić information content (AvgIpc) is 4.45. The zero-order valence-corrected chi connectivity index (χ0v) is 48.6. The lowest BCUT2D eigenvalue weighted by atomic mass is 10.0. The number of pyridine rings is 4. The van der Waals surface area contributed by atoms with E-state index in [1.165, 1.54) is 18.6 Å². The number of fused-ring (bicyclic) bond motifs is 4.